The molecule has 0 saturated carbocycles. The van der Waals surface area contributed by atoms with Crippen LogP contribution in [0.25, 0.3) is 0 Å². The van der Waals surface area contributed by atoms with Gasteiger partial charge in [0, 0.05) is 12.6 Å². The zero-order chi connectivity index (χ0) is 12.4. The molecule has 1 heterocycles. The molecule has 1 aromatic rings. The number of nitrogens with zero attached hydrogens (tertiary/aromatic N) is 2. The standard InChI is InChI=1S/C12H14N2O3/c1-8(13-16-3)9-4-5-11-10(6-9)14(2)12(15)7-17-11/h4-6H,7H2,1-3H3/b13-8+. The molecule has 0 aliphatic carbocycles. The Morgan fingerprint density at radius 3 is 3.00 bits per heavy atom. The summed E-state index contributed by atoms with van der Waals surface area (Å²) in [4.78, 5) is 17.8. The molecule has 2 rings (SSSR count). The maximum absolute atomic E-state index is 11.5. The Morgan fingerprint density at radius 1 is 1.53 bits per heavy atom. The van der Waals surface area contributed by atoms with Gasteiger partial charge in [-0.15, -0.1) is 0 Å². The van der Waals surface area contributed by atoms with Crippen molar-refractivity contribution in [2.75, 3.05) is 25.7 Å². The summed E-state index contributed by atoms with van der Waals surface area (Å²) in [5.74, 6) is 0.650. The first-order chi connectivity index (χ1) is 8.13. The molecule has 17 heavy (non-hydrogen) atoms. The summed E-state index contributed by atoms with van der Waals surface area (Å²) < 4.78 is 5.34. The van der Waals surface area contributed by atoms with Crippen LogP contribution in [0.2, 0.25) is 0 Å². The third-order valence-corrected chi connectivity index (χ3v) is 2.69. The number of carbonyl (C=O) groups is 1. The second-order valence-electron chi connectivity index (χ2n) is 3.78. The number of carbonyl (C=O) groups excluding carboxylic acids is 1. The molecular weight excluding hydrogens is 220 g/mol. The van der Waals surface area contributed by atoms with E-state index >= 15 is 0 Å². The molecule has 0 radical (unpaired) electrons. The molecule has 0 spiro atoms. The summed E-state index contributed by atoms with van der Waals surface area (Å²) in [5.41, 5.74) is 2.40. The molecule has 0 N–H and O–H groups in total. The number of hydrogen-bond acceptors (Lipinski definition) is 4. The van der Waals surface area contributed by atoms with Gasteiger partial charge < -0.3 is 14.5 Å². The van der Waals surface area contributed by atoms with Crippen molar-refractivity contribution in [1.29, 1.82) is 0 Å². The van der Waals surface area contributed by atoms with Crippen LogP contribution < -0.4 is 9.64 Å². The predicted octanol–water partition coefficient (Wildman–Crippen LogP) is 1.41. The highest BCUT2D eigenvalue weighted by Gasteiger charge is 2.22. The fourth-order valence-electron chi connectivity index (χ4n) is 1.69. The topological polar surface area (TPSA) is 51.1 Å². The normalized spacial score (nSPS) is 15.4. The minimum atomic E-state index is -0.0593. The average molecular weight is 234 g/mol. The lowest BCUT2D eigenvalue weighted by Gasteiger charge is -2.26. The molecule has 0 atom stereocenters. The van der Waals surface area contributed by atoms with Crippen molar-refractivity contribution < 1.29 is 14.4 Å². The van der Waals surface area contributed by atoms with Crippen LogP contribution in [0.1, 0.15) is 12.5 Å². The molecule has 1 aliphatic heterocycles. The van der Waals surface area contributed by atoms with Gasteiger partial charge in [-0.25, -0.2) is 0 Å². The van der Waals surface area contributed by atoms with E-state index in [1.165, 1.54) is 7.11 Å². The lowest BCUT2D eigenvalue weighted by atomic mass is 10.1. The molecule has 90 valence electrons. The molecule has 0 aromatic heterocycles. The highest BCUT2D eigenvalue weighted by atomic mass is 16.6. The maximum Gasteiger partial charge on any atom is 0.264 e. The minimum absolute atomic E-state index is 0.0593. The van der Waals surface area contributed by atoms with Crippen molar-refractivity contribution in [2.45, 2.75) is 6.92 Å². The van der Waals surface area contributed by atoms with Crippen LogP contribution >= 0.6 is 0 Å². The Bertz CT molecular complexity index is 483. The molecule has 5 heteroatoms. The number of amides is 1. The van der Waals surface area contributed by atoms with Crippen molar-refractivity contribution in [2.24, 2.45) is 5.16 Å². The van der Waals surface area contributed by atoms with Gasteiger partial charge in [-0.2, -0.15) is 0 Å². The molecule has 0 saturated heterocycles. The summed E-state index contributed by atoms with van der Waals surface area (Å²) in [7, 11) is 3.23. The summed E-state index contributed by atoms with van der Waals surface area (Å²) in [5, 5.41) is 3.86. The quantitative estimate of drug-likeness (QED) is 0.574. The lowest BCUT2D eigenvalue weighted by Crippen LogP contribution is -2.35. The van der Waals surface area contributed by atoms with Gasteiger partial charge in [-0.1, -0.05) is 5.16 Å². The molecule has 1 amide bonds. The van der Waals surface area contributed by atoms with Gasteiger partial charge in [0.2, 0.25) is 0 Å². The molecular formula is C12H14N2O3. The highest BCUT2D eigenvalue weighted by Crippen LogP contribution is 2.32. The SMILES string of the molecule is CO/N=C(\C)c1ccc2c(c1)N(C)C(=O)CO2. The number of oxime groups is 1. The van der Waals surface area contributed by atoms with E-state index in [-0.39, 0.29) is 12.5 Å². The molecule has 0 bridgehead atoms. The average Bonchev–Trinajstić information content (AvgIpc) is 2.34. The molecule has 1 aliphatic rings. The number of likely N-dealkylation sites (N-methyl/N-ethyl adjacent to an activating group) is 1. The number of ether oxygens (including phenoxy) is 1. The van der Waals surface area contributed by atoms with E-state index in [0.717, 1.165) is 17.0 Å². The number of fused-ring (bicyclic) bond motifs is 1. The first-order valence-electron chi connectivity index (χ1n) is 5.25. The van der Waals surface area contributed by atoms with E-state index in [1.54, 1.807) is 11.9 Å². The first-order valence-corrected chi connectivity index (χ1v) is 5.25. The van der Waals surface area contributed by atoms with Crippen LogP contribution in [0.4, 0.5) is 5.69 Å². The van der Waals surface area contributed by atoms with Crippen LogP contribution in [-0.2, 0) is 9.63 Å². The van der Waals surface area contributed by atoms with Gasteiger partial charge >= 0.3 is 0 Å². The van der Waals surface area contributed by atoms with E-state index in [1.807, 2.05) is 25.1 Å². The van der Waals surface area contributed by atoms with Gasteiger partial charge in [0.25, 0.3) is 5.91 Å². The third kappa shape index (κ3) is 2.08. The molecule has 0 unspecified atom stereocenters. The lowest BCUT2D eigenvalue weighted by molar-refractivity contribution is -0.120. The fourth-order valence-corrected chi connectivity index (χ4v) is 1.69. The van der Waals surface area contributed by atoms with Crippen LogP contribution in [-0.4, -0.2) is 32.4 Å². The van der Waals surface area contributed by atoms with Crippen LogP contribution in [0, 0.1) is 0 Å². The number of benzene rings is 1. The second kappa shape index (κ2) is 4.45. The summed E-state index contributed by atoms with van der Waals surface area (Å²) in [6, 6.07) is 5.59. The molecule has 1 aromatic carbocycles. The van der Waals surface area contributed by atoms with E-state index in [4.69, 9.17) is 9.57 Å². The Balaban J connectivity index is 2.42. The zero-order valence-corrected chi connectivity index (χ0v) is 10.1. The van der Waals surface area contributed by atoms with Crippen molar-refractivity contribution in [3.63, 3.8) is 0 Å². The third-order valence-electron chi connectivity index (χ3n) is 2.69. The zero-order valence-electron chi connectivity index (χ0n) is 10.1. The van der Waals surface area contributed by atoms with Crippen molar-refractivity contribution in [1.82, 2.24) is 0 Å². The Labute approximate surface area is 99.6 Å². The predicted molar refractivity (Wildman–Crippen MR) is 64.6 cm³/mol. The smallest absolute Gasteiger partial charge is 0.264 e. The minimum Gasteiger partial charge on any atom is -0.482 e. The van der Waals surface area contributed by atoms with E-state index in [2.05, 4.69) is 5.16 Å². The van der Waals surface area contributed by atoms with Crippen molar-refractivity contribution in [3.8, 4) is 5.75 Å². The monoisotopic (exact) mass is 234 g/mol. The van der Waals surface area contributed by atoms with E-state index in [0.29, 0.717) is 5.75 Å². The van der Waals surface area contributed by atoms with E-state index < -0.39 is 0 Å². The summed E-state index contributed by atoms with van der Waals surface area (Å²) in [6.45, 7) is 1.94. The largest absolute Gasteiger partial charge is 0.482 e. The molecule has 0 fully saturated rings. The Kier molecular flexibility index (Phi) is 2.99. The van der Waals surface area contributed by atoms with Gasteiger partial charge in [-0.3, -0.25) is 4.79 Å². The number of anilines is 1. The highest BCUT2D eigenvalue weighted by molar-refractivity contribution is 6.02. The number of rotatable bonds is 2. The van der Waals surface area contributed by atoms with Gasteiger partial charge in [-0.05, 0) is 25.1 Å². The Morgan fingerprint density at radius 2 is 2.29 bits per heavy atom. The van der Waals surface area contributed by atoms with E-state index in [9.17, 15) is 4.79 Å². The number of hydrogen-bond donors (Lipinski definition) is 0. The Hall–Kier alpha value is -2.04. The van der Waals surface area contributed by atoms with Crippen LogP contribution in [0.5, 0.6) is 5.75 Å². The second-order valence-corrected chi connectivity index (χ2v) is 3.78. The van der Waals surface area contributed by atoms with Crippen molar-refractivity contribution in [3.05, 3.63) is 23.8 Å². The van der Waals surface area contributed by atoms with Gasteiger partial charge in [0.1, 0.15) is 12.9 Å². The van der Waals surface area contributed by atoms with Crippen molar-refractivity contribution >= 4 is 17.3 Å². The molecule has 5 nitrogen and oxygen atoms in total. The van der Waals surface area contributed by atoms with Gasteiger partial charge in [0.15, 0.2) is 6.61 Å². The maximum atomic E-state index is 11.5. The van der Waals surface area contributed by atoms with Crippen LogP contribution in [0.15, 0.2) is 23.4 Å². The fraction of sp³-hybridized carbons (Fsp3) is 0.333. The first kappa shape index (κ1) is 11.4. The summed E-state index contributed by atoms with van der Waals surface area (Å²) in [6.07, 6.45) is 0. The van der Waals surface area contributed by atoms with Gasteiger partial charge in [0.05, 0.1) is 11.4 Å². The summed E-state index contributed by atoms with van der Waals surface area (Å²) >= 11 is 0. The van der Waals surface area contributed by atoms with Crippen LogP contribution in [0.3, 0.4) is 0 Å².